The molecule has 9 heteroatoms. The molecule has 1 aliphatic carbocycles. The standard InChI is InChI=1S/C32H34N2O5S.ClH/c1-37-30-16-11-26(22-32(30)39-28-5-3-4-6-28)31(21-23-17-19-33-20-18-23)38-29-14-9-25(10-15-29)24-7-12-27(13-8-24)34-40(2,35)36;/h7-20,22,28,31,34H,3-6,21H2,1-2H3;1H. The zero-order chi connectivity index (χ0) is 28.0. The first-order valence-corrected chi connectivity index (χ1v) is 15.3. The third kappa shape index (κ3) is 8.38. The number of halogens is 1. The van der Waals surface area contributed by atoms with E-state index in [1.807, 2.05) is 66.7 Å². The molecule has 1 saturated carbocycles. The Hall–Kier alpha value is -3.75. The van der Waals surface area contributed by atoms with Crippen molar-refractivity contribution < 1.29 is 22.6 Å². The van der Waals surface area contributed by atoms with Crippen molar-refractivity contribution in [3.8, 4) is 28.4 Å². The minimum Gasteiger partial charge on any atom is -0.493 e. The Morgan fingerprint density at radius 2 is 1.51 bits per heavy atom. The molecule has 0 saturated heterocycles. The highest BCUT2D eigenvalue weighted by Gasteiger charge is 2.21. The molecule has 0 radical (unpaired) electrons. The predicted molar refractivity (Wildman–Crippen MR) is 165 cm³/mol. The Morgan fingerprint density at radius 3 is 2.12 bits per heavy atom. The molecule has 4 aromatic rings. The zero-order valence-corrected chi connectivity index (χ0v) is 24.8. The summed E-state index contributed by atoms with van der Waals surface area (Å²) in [5, 5.41) is 0. The van der Waals surface area contributed by atoms with Gasteiger partial charge in [-0.05, 0) is 96.5 Å². The fourth-order valence-corrected chi connectivity index (χ4v) is 5.53. The molecular formula is C32H35ClN2O5S. The summed E-state index contributed by atoms with van der Waals surface area (Å²) in [6.45, 7) is 0. The van der Waals surface area contributed by atoms with E-state index in [0.717, 1.165) is 58.6 Å². The van der Waals surface area contributed by atoms with E-state index in [1.54, 1.807) is 31.6 Å². The molecule has 3 aromatic carbocycles. The average Bonchev–Trinajstić information content (AvgIpc) is 3.46. The first-order valence-electron chi connectivity index (χ1n) is 13.4. The Morgan fingerprint density at radius 1 is 0.878 bits per heavy atom. The van der Waals surface area contributed by atoms with Crippen molar-refractivity contribution in [2.24, 2.45) is 0 Å². The predicted octanol–water partition coefficient (Wildman–Crippen LogP) is 7.23. The van der Waals surface area contributed by atoms with Crippen molar-refractivity contribution in [2.45, 2.75) is 44.3 Å². The summed E-state index contributed by atoms with van der Waals surface area (Å²) in [4.78, 5) is 4.15. The maximum absolute atomic E-state index is 11.5. The van der Waals surface area contributed by atoms with Crippen molar-refractivity contribution in [2.75, 3.05) is 18.1 Å². The van der Waals surface area contributed by atoms with Crippen molar-refractivity contribution in [1.29, 1.82) is 0 Å². The summed E-state index contributed by atoms with van der Waals surface area (Å²) >= 11 is 0. The maximum Gasteiger partial charge on any atom is 0.229 e. The molecule has 0 aliphatic heterocycles. The van der Waals surface area contributed by atoms with E-state index < -0.39 is 10.0 Å². The first-order chi connectivity index (χ1) is 19.4. The second kappa shape index (κ2) is 13.7. The summed E-state index contributed by atoms with van der Waals surface area (Å²) in [5.41, 5.74) is 4.63. The highest BCUT2D eigenvalue weighted by atomic mass is 35.5. The van der Waals surface area contributed by atoms with E-state index in [4.69, 9.17) is 14.2 Å². The van der Waals surface area contributed by atoms with Crippen LogP contribution in [0.15, 0.2) is 91.3 Å². The molecule has 1 aromatic heterocycles. The molecule has 1 heterocycles. The molecule has 1 unspecified atom stereocenters. The van der Waals surface area contributed by atoms with Crippen LogP contribution in [0.5, 0.6) is 17.2 Å². The third-order valence-corrected chi connectivity index (χ3v) is 7.59. The summed E-state index contributed by atoms with van der Waals surface area (Å²) in [6, 6.07) is 25.2. The largest absolute Gasteiger partial charge is 0.493 e. The lowest BCUT2D eigenvalue weighted by molar-refractivity contribution is 0.193. The molecule has 7 nitrogen and oxygen atoms in total. The first kappa shape index (κ1) is 30.2. The molecule has 0 amide bonds. The van der Waals surface area contributed by atoms with Gasteiger partial charge < -0.3 is 14.2 Å². The van der Waals surface area contributed by atoms with Gasteiger partial charge in [0.2, 0.25) is 10.0 Å². The highest BCUT2D eigenvalue weighted by Crippen LogP contribution is 2.36. The second-order valence-electron chi connectivity index (χ2n) is 10.1. The van der Waals surface area contributed by atoms with Crippen LogP contribution in [0.25, 0.3) is 11.1 Å². The van der Waals surface area contributed by atoms with Gasteiger partial charge >= 0.3 is 0 Å². The summed E-state index contributed by atoms with van der Waals surface area (Å²) in [7, 11) is -1.65. The zero-order valence-electron chi connectivity index (χ0n) is 23.2. The summed E-state index contributed by atoms with van der Waals surface area (Å²) < 4.78 is 44.0. The average molecular weight is 595 g/mol. The molecule has 1 aliphatic rings. The molecule has 1 N–H and O–H groups in total. The van der Waals surface area contributed by atoms with Crippen LogP contribution in [-0.2, 0) is 16.4 Å². The fourth-order valence-electron chi connectivity index (χ4n) is 4.97. The number of anilines is 1. The number of methoxy groups -OCH3 is 1. The van der Waals surface area contributed by atoms with Gasteiger partial charge in [0.05, 0.1) is 19.5 Å². The summed E-state index contributed by atoms with van der Waals surface area (Å²) in [5.74, 6) is 2.21. The number of hydrogen-bond acceptors (Lipinski definition) is 6. The Kier molecular flexibility index (Phi) is 10.1. The van der Waals surface area contributed by atoms with Gasteiger partial charge in [-0.1, -0.05) is 30.3 Å². The van der Waals surface area contributed by atoms with Crippen LogP contribution in [0.4, 0.5) is 5.69 Å². The fraction of sp³-hybridized carbons (Fsp3) is 0.281. The van der Waals surface area contributed by atoms with Gasteiger partial charge in [-0.3, -0.25) is 9.71 Å². The van der Waals surface area contributed by atoms with Crippen molar-refractivity contribution >= 4 is 28.1 Å². The van der Waals surface area contributed by atoms with Gasteiger partial charge in [0.15, 0.2) is 11.5 Å². The Labute approximate surface area is 248 Å². The Bertz CT molecular complexity index is 1510. The SMILES string of the molecule is COc1ccc(C(Cc2ccncc2)Oc2ccc(-c3ccc(NS(C)(=O)=O)cc3)cc2)cc1OC1CCCC1.Cl. The smallest absolute Gasteiger partial charge is 0.229 e. The van der Waals surface area contributed by atoms with Crippen LogP contribution in [0.3, 0.4) is 0 Å². The molecule has 216 valence electrons. The number of pyridine rings is 1. The van der Waals surface area contributed by atoms with Crippen LogP contribution >= 0.6 is 12.4 Å². The van der Waals surface area contributed by atoms with Gasteiger partial charge in [0.1, 0.15) is 11.9 Å². The molecule has 41 heavy (non-hydrogen) atoms. The van der Waals surface area contributed by atoms with E-state index in [2.05, 4.69) is 9.71 Å². The number of rotatable bonds is 11. The molecule has 0 bridgehead atoms. The number of sulfonamides is 1. The number of nitrogens with zero attached hydrogens (tertiary/aromatic N) is 1. The number of hydrogen-bond donors (Lipinski definition) is 1. The van der Waals surface area contributed by atoms with Crippen molar-refractivity contribution in [3.05, 3.63) is 102 Å². The number of benzene rings is 3. The van der Waals surface area contributed by atoms with E-state index >= 15 is 0 Å². The van der Waals surface area contributed by atoms with Gasteiger partial charge in [-0.2, -0.15) is 0 Å². The summed E-state index contributed by atoms with van der Waals surface area (Å²) in [6.07, 6.45) is 9.85. The normalized spacial score (nSPS) is 14.1. The lowest BCUT2D eigenvalue weighted by Crippen LogP contribution is -2.14. The molecular weight excluding hydrogens is 560 g/mol. The minimum atomic E-state index is -3.32. The lowest BCUT2D eigenvalue weighted by Gasteiger charge is -2.22. The molecule has 1 atom stereocenters. The van der Waals surface area contributed by atoms with E-state index in [-0.39, 0.29) is 24.6 Å². The van der Waals surface area contributed by atoms with Crippen LogP contribution < -0.4 is 18.9 Å². The number of ether oxygens (including phenoxy) is 3. The van der Waals surface area contributed by atoms with E-state index in [0.29, 0.717) is 12.1 Å². The molecule has 1 fully saturated rings. The number of aromatic nitrogens is 1. The van der Waals surface area contributed by atoms with Gasteiger partial charge in [0, 0.05) is 24.5 Å². The van der Waals surface area contributed by atoms with Crippen LogP contribution in [0.1, 0.15) is 42.9 Å². The van der Waals surface area contributed by atoms with Crippen molar-refractivity contribution in [3.63, 3.8) is 0 Å². The topological polar surface area (TPSA) is 86.8 Å². The van der Waals surface area contributed by atoms with E-state index in [9.17, 15) is 8.42 Å². The maximum atomic E-state index is 11.5. The minimum absolute atomic E-state index is 0. The lowest BCUT2D eigenvalue weighted by atomic mass is 10.0. The molecule has 0 spiro atoms. The second-order valence-corrected chi connectivity index (χ2v) is 11.8. The van der Waals surface area contributed by atoms with E-state index in [1.165, 1.54) is 12.8 Å². The number of nitrogens with one attached hydrogen (secondary N) is 1. The highest BCUT2D eigenvalue weighted by molar-refractivity contribution is 7.92. The quantitative estimate of drug-likeness (QED) is 0.197. The third-order valence-electron chi connectivity index (χ3n) is 6.98. The van der Waals surface area contributed by atoms with Crippen molar-refractivity contribution in [1.82, 2.24) is 4.98 Å². The monoisotopic (exact) mass is 594 g/mol. The Balaban J connectivity index is 0.00000387. The van der Waals surface area contributed by atoms with Gasteiger partial charge in [0.25, 0.3) is 0 Å². The van der Waals surface area contributed by atoms with Crippen LogP contribution in [0, 0.1) is 0 Å². The van der Waals surface area contributed by atoms with Crippen LogP contribution in [-0.4, -0.2) is 32.9 Å². The van der Waals surface area contributed by atoms with Gasteiger partial charge in [-0.25, -0.2) is 8.42 Å². The molecule has 5 rings (SSSR count). The van der Waals surface area contributed by atoms with Crippen LogP contribution in [0.2, 0.25) is 0 Å². The van der Waals surface area contributed by atoms with Gasteiger partial charge in [-0.15, -0.1) is 12.4 Å².